The smallest absolute Gasteiger partial charge is 0.271 e. The molecule has 1 unspecified atom stereocenters. The zero-order valence-corrected chi connectivity index (χ0v) is 19.1. The van der Waals surface area contributed by atoms with E-state index in [1.54, 1.807) is 17.6 Å². The number of thiophene rings is 1. The molecule has 1 N–H and O–H groups in total. The Bertz CT molecular complexity index is 1200. The molecule has 31 heavy (non-hydrogen) atoms. The van der Waals surface area contributed by atoms with Crippen molar-refractivity contribution in [2.24, 2.45) is 11.0 Å². The van der Waals surface area contributed by atoms with Gasteiger partial charge in [-0.15, -0.1) is 16.4 Å². The van der Waals surface area contributed by atoms with Crippen LogP contribution in [-0.2, 0) is 29.6 Å². The Labute approximate surface area is 185 Å². The largest absolute Gasteiger partial charge is 0.279 e. The molecule has 1 aliphatic carbocycles. The van der Waals surface area contributed by atoms with Crippen molar-refractivity contribution >= 4 is 33.7 Å². The van der Waals surface area contributed by atoms with Gasteiger partial charge in [0.2, 0.25) is 0 Å². The van der Waals surface area contributed by atoms with Gasteiger partial charge in [0.05, 0.1) is 11.6 Å². The number of nitrogens with zero attached hydrogens (tertiary/aromatic N) is 4. The molecule has 2 aromatic heterocycles. The number of aryl methyl sites for hydroxylation is 1. The maximum Gasteiger partial charge on any atom is 0.279 e. The summed E-state index contributed by atoms with van der Waals surface area (Å²) in [6.07, 6.45) is 4.49. The van der Waals surface area contributed by atoms with Gasteiger partial charge in [-0.05, 0) is 47.3 Å². The lowest BCUT2D eigenvalue weighted by molar-refractivity contribution is -0.121. The van der Waals surface area contributed by atoms with Crippen LogP contribution in [0.4, 0.5) is 0 Å². The lowest BCUT2D eigenvalue weighted by atomic mass is 9.87. The number of hydrazone groups is 1. The van der Waals surface area contributed by atoms with Gasteiger partial charge in [0.15, 0.2) is 4.83 Å². The molecule has 3 aromatic rings. The maximum absolute atomic E-state index is 12.9. The van der Waals surface area contributed by atoms with Crippen LogP contribution in [0.15, 0.2) is 34.2 Å². The molecular formula is C23H27N5O2S. The molecule has 0 radical (unpaired) electrons. The Kier molecular flexibility index (Phi) is 5.75. The molecule has 1 amide bonds. The third kappa shape index (κ3) is 4.58. The van der Waals surface area contributed by atoms with Crippen LogP contribution in [0.2, 0.25) is 0 Å². The SMILES string of the molecule is CC1CCc2c(sc3nnn(CC(=O)N/N=C\c4ccc(C(C)(C)C)cc4)c(=O)c23)C1. The summed E-state index contributed by atoms with van der Waals surface area (Å²) in [5.74, 6) is 0.195. The highest BCUT2D eigenvalue weighted by atomic mass is 32.1. The van der Waals surface area contributed by atoms with Crippen molar-refractivity contribution < 1.29 is 4.79 Å². The summed E-state index contributed by atoms with van der Waals surface area (Å²) in [5, 5.41) is 12.8. The Morgan fingerprint density at radius 3 is 2.77 bits per heavy atom. The normalized spacial score (nSPS) is 16.6. The van der Waals surface area contributed by atoms with Gasteiger partial charge in [-0.3, -0.25) is 9.59 Å². The fourth-order valence-electron chi connectivity index (χ4n) is 3.81. The van der Waals surface area contributed by atoms with E-state index in [-0.39, 0.29) is 17.5 Å². The standard InChI is InChI=1S/C23H27N5O2S/c1-14-5-10-17-18(11-14)31-21-20(17)22(30)28(27-26-21)13-19(29)25-24-12-15-6-8-16(9-7-15)23(2,3)4/h6-9,12,14H,5,10-11,13H2,1-4H3,(H,25,29)/b24-12-. The van der Waals surface area contributed by atoms with Crippen LogP contribution in [0.1, 0.15) is 55.7 Å². The fourth-order valence-corrected chi connectivity index (χ4v) is 5.13. The van der Waals surface area contributed by atoms with Gasteiger partial charge in [0, 0.05) is 4.88 Å². The third-order valence-electron chi connectivity index (χ3n) is 5.66. The van der Waals surface area contributed by atoms with E-state index >= 15 is 0 Å². The van der Waals surface area contributed by atoms with Gasteiger partial charge in [0.25, 0.3) is 11.5 Å². The average molecular weight is 438 g/mol. The van der Waals surface area contributed by atoms with Crippen molar-refractivity contribution in [1.29, 1.82) is 0 Å². The quantitative estimate of drug-likeness (QED) is 0.500. The summed E-state index contributed by atoms with van der Waals surface area (Å²) in [6.45, 7) is 8.48. The first-order chi connectivity index (χ1) is 14.7. The highest BCUT2D eigenvalue weighted by Gasteiger charge is 2.24. The second-order valence-electron chi connectivity index (χ2n) is 9.25. The van der Waals surface area contributed by atoms with Crippen molar-refractivity contribution in [1.82, 2.24) is 20.4 Å². The van der Waals surface area contributed by atoms with E-state index in [4.69, 9.17) is 0 Å². The van der Waals surface area contributed by atoms with Crippen LogP contribution < -0.4 is 11.0 Å². The Morgan fingerprint density at radius 2 is 2.06 bits per heavy atom. The first kappa shape index (κ1) is 21.4. The maximum atomic E-state index is 12.9. The highest BCUT2D eigenvalue weighted by molar-refractivity contribution is 7.18. The molecule has 1 aliphatic rings. The van der Waals surface area contributed by atoms with Crippen LogP contribution in [0.5, 0.6) is 0 Å². The number of aromatic nitrogens is 3. The van der Waals surface area contributed by atoms with Gasteiger partial charge in [0.1, 0.15) is 6.54 Å². The first-order valence-corrected chi connectivity index (χ1v) is 11.3. The Morgan fingerprint density at radius 1 is 1.32 bits per heavy atom. The predicted octanol–water partition coefficient (Wildman–Crippen LogP) is 3.43. The first-order valence-electron chi connectivity index (χ1n) is 10.5. The summed E-state index contributed by atoms with van der Waals surface area (Å²) in [4.78, 5) is 27.1. The highest BCUT2D eigenvalue weighted by Crippen LogP contribution is 2.35. The topological polar surface area (TPSA) is 89.2 Å². The number of hydrogen-bond donors (Lipinski definition) is 1. The van der Waals surface area contributed by atoms with Crippen molar-refractivity contribution in [3.05, 3.63) is 56.2 Å². The molecule has 0 fully saturated rings. The lowest BCUT2D eigenvalue weighted by Crippen LogP contribution is -2.32. The molecule has 1 atom stereocenters. The average Bonchev–Trinajstić information content (AvgIpc) is 3.08. The molecule has 0 aliphatic heterocycles. The Balaban J connectivity index is 1.44. The summed E-state index contributed by atoms with van der Waals surface area (Å²) in [7, 11) is 0. The minimum absolute atomic E-state index is 0.0826. The molecule has 8 heteroatoms. The van der Waals surface area contributed by atoms with E-state index in [0.717, 1.165) is 35.1 Å². The minimum Gasteiger partial charge on any atom is -0.271 e. The van der Waals surface area contributed by atoms with E-state index < -0.39 is 5.91 Å². The molecule has 1 aromatic carbocycles. The van der Waals surface area contributed by atoms with Gasteiger partial charge < -0.3 is 0 Å². The second-order valence-corrected chi connectivity index (χ2v) is 10.3. The van der Waals surface area contributed by atoms with Gasteiger partial charge in [-0.2, -0.15) is 5.10 Å². The summed E-state index contributed by atoms with van der Waals surface area (Å²) >= 11 is 1.55. The third-order valence-corrected chi connectivity index (χ3v) is 6.80. The zero-order chi connectivity index (χ0) is 22.2. The molecular weight excluding hydrogens is 410 g/mol. The molecule has 0 saturated carbocycles. The molecule has 4 rings (SSSR count). The predicted molar refractivity (Wildman–Crippen MR) is 124 cm³/mol. The van der Waals surface area contributed by atoms with Crippen molar-refractivity contribution in [3.8, 4) is 0 Å². The minimum atomic E-state index is -0.420. The molecule has 7 nitrogen and oxygen atoms in total. The molecule has 0 spiro atoms. The zero-order valence-electron chi connectivity index (χ0n) is 18.3. The van der Waals surface area contributed by atoms with Crippen LogP contribution in [0, 0.1) is 5.92 Å². The molecule has 2 heterocycles. The molecule has 162 valence electrons. The number of carbonyl (C=O) groups is 1. The van der Waals surface area contributed by atoms with E-state index in [0.29, 0.717) is 16.1 Å². The molecule has 0 saturated heterocycles. The number of amides is 1. The van der Waals surface area contributed by atoms with Crippen molar-refractivity contribution in [2.75, 3.05) is 0 Å². The number of carbonyl (C=O) groups excluding carboxylic acids is 1. The van der Waals surface area contributed by atoms with Crippen LogP contribution in [-0.4, -0.2) is 27.1 Å². The monoisotopic (exact) mass is 437 g/mol. The lowest BCUT2D eigenvalue weighted by Gasteiger charge is -2.18. The number of nitrogens with one attached hydrogen (secondary N) is 1. The number of hydrogen-bond acceptors (Lipinski definition) is 6. The van der Waals surface area contributed by atoms with Crippen LogP contribution in [0.3, 0.4) is 0 Å². The van der Waals surface area contributed by atoms with Crippen molar-refractivity contribution in [2.45, 2.75) is 58.9 Å². The van der Waals surface area contributed by atoms with E-state index in [2.05, 4.69) is 60.7 Å². The van der Waals surface area contributed by atoms with E-state index in [1.165, 1.54) is 10.4 Å². The second kappa shape index (κ2) is 8.34. The summed E-state index contributed by atoms with van der Waals surface area (Å²) in [6, 6.07) is 8.02. The fraction of sp³-hybridized carbons (Fsp3) is 0.435. The van der Waals surface area contributed by atoms with E-state index in [9.17, 15) is 9.59 Å². The van der Waals surface area contributed by atoms with Gasteiger partial charge in [-0.1, -0.05) is 57.2 Å². The summed E-state index contributed by atoms with van der Waals surface area (Å²) in [5.41, 5.74) is 5.49. The van der Waals surface area contributed by atoms with Gasteiger partial charge >= 0.3 is 0 Å². The van der Waals surface area contributed by atoms with Crippen LogP contribution >= 0.6 is 11.3 Å². The number of rotatable bonds is 4. The summed E-state index contributed by atoms with van der Waals surface area (Å²) < 4.78 is 1.12. The van der Waals surface area contributed by atoms with Gasteiger partial charge in [-0.25, -0.2) is 10.1 Å². The van der Waals surface area contributed by atoms with E-state index in [1.807, 2.05) is 12.1 Å². The molecule has 0 bridgehead atoms. The number of fused-ring (bicyclic) bond motifs is 3. The van der Waals surface area contributed by atoms with Crippen LogP contribution in [0.25, 0.3) is 10.2 Å². The number of benzene rings is 1. The Hall–Kier alpha value is -2.87. The van der Waals surface area contributed by atoms with Crippen molar-refractivity contribution in [3.63, 3.8) is 0 Å².